The average Bonchev–Trinajstić information content (AvgIpc) is 3.46. The molecule has 2 aromatic heterocycles. The minimum absolute atomic E-state index is 0.752. The molecule has 0 bridgehead atoms. The zero-order chi connectivity index (χ0) is 21.9. The van der Waals surface area contributed by atoms with Crippen LogP contribution in [-0.4, -0.2) is 39.1 Å². The van der Waals surface area contributed by atoms with Crippen LogP contribution < -0.4 is 0 Å². The van der Waals surface area contributed by atoms with Crippen molar-refractivity contribution < 1.29 is 0 Å². The van der Waals surface area contributed by atoms with Crippen molar-refractivity contribution in [2.75, 3.05) is 19.6 Å². The predicted octanol–water partition coefficient (Wildman–Crippen LogP) is 5.63. The summed E-state index contributed by atoms with van der Waals surface area (Å²) in [6.45, 7) is 8.11. The normalized spacial score (nSPS) is 14.4. The SMILES string of the molecule is Cc1ccc(-c2cccc3nc(Cc4ccc(CCCN5CCCC5)cc4)nn23)cc1C. The molecule has 0 saturated carbocycles. The monoisotopic (exact) mass is 424 g/mol. The highest BCUT2D eigenvalue weighted by Gasteiger charge is 2.12. The third kappa shape index (κ3) is 4.61. The molecule has 0 spiro atoms. The van der Waals surface area contributed by atoms with Crippen LogP contribution >= 0.6 is 0 Å². The Labute approximate surface area is 190 Å². The van der Waals surface area contributed by atoms with Gasteiger partial charge in [0.1, 0.15) is 0 Å². The molecule has 1 saturated heterocycles. The van der Waals surface area contributed by atoms with Crippen LogP contribution in [0.5, 0.6) is 0 Å². The summed E-state index contributed by atoms with van der Waals surface area (Å²) in [6.07, 6.45) is 5.90. The van der Waals surface area contributed by atoms with Crippen LogP contribution in [0, 0.1) is 13.8 Å². The van der Waals surface area contributed by atoms with Gasteiger partial charge in [0.05, 0.1) is 5.69 Å². The third-order valence-corrected chi connectivity index (χ3v) is 6.73. The Kier molecular flexibility index (Phi) is 6.04. The minimum Gasteiger partial charge on any atom is -0.303 e. The van der Waals surface area contributed by atoms with Gasteiger partial charge >= 0.3 is 0 Å². The van der Waals surface area contributed by atoms with Gasteiger partial charge in [-0.05, 0) is 99.6 Å². The smallest absolute Gasteiger partial charge is 0.156 e. The van der Waals surface area contributed by atoms with E-state index in [1.165, 1.54) is 66.7 Å². The van der Waals surface area contributed by atoms with Gasteiger partial charge in [0.2, 0.25) is 0 Å². The van der Waals surface area contributed by atoms with E-state index in [2.05, 4.69) is 73.3 Å². The van der Waals surface area contributed by atoms with E-state index in [0.29, 0.717) is 0 Å². The molecule has 0 atom stereocenters. The van der Waals surface area contributed by atoms with Crippen molar-refractivity contribution in [2.45, 2.75) is 46.0 Å². The molecule has 0 radical (unpaired) electrons. The van der Waals surface area contributed by atoms with E-state index in [1.807, 2.05) is 10.6 Å². The predicted molar refractivity (Wildman–Crippen MR) is 131 cm³/mol. The number of pyridine rings is 1. The Morgan fingerprint density at radius 1 is 0.844 bits per heavy atom. The summed E-state index contributed by atoms with van der Waals surface area (Å²) in [4.78, 5) is 7.39. The molecule has 5 rings (SSSR count). The topological polar surface area (TPSA) is 33.4 Å². The maximum atomic E-state index is 4.85. The van der Waals surface area contributed by atoms with Gasteiger partial charge in [-0.25, -0.2) is 9.50 Å². The number of aromatic nitrogens is 3. The molecule has 1 aliphatic rings. The number of fused-ring (bicyclic) bond motifs is 1. The minimum atomic E-state index is 0.752. The lowest BCUT2D eigenvalue weighted by Gasteiger charge is -2.13. The van der Waals surface area contributed by atoms with Crippen LogP contribution in [0.3, 0.4) is 0 Å². The van der Waals surface area contributed by atoms with Gasteiger partial charge in [-0.15, -0.1) is 0 Å². The van der Waals surface area contributed by atoms with E-state index in [-0.39, 0.29) is 0 Å². The molecule has 3 heterocycles. The van der Waals surface area contributed by atoms with Crippen molar-refractivity contribution >= 4 is 5.65 Å². The van der Waals surface area contributed by atoms with Gasteiger partial charge < -0.3 is 4.90 Å². The van der Waals surface area contributed by atoms with Crippen LogP contribution in [0.15, 0.2) is 60.7 Å². The summed E-state index contributed by atoms with van der Waals surface area (Å²) in [6, 6.07) is 21.8. The van der Waals surface area contributed by atoms with Crippen molar-refractivity contribution in [3.05, 3.63) is 88.7 Å². The van der Waals surface area contributed by atoms with Gasteiger partial charge in [-0.2, -0.15) is 5.10 Å². The fourth-order valence-corrected chi connectivity index (χ4v) is 4.66. The second-order valence-corrected chi connectivity index (χ2v) is 9.15. The zero-order valence-electron chi connectivity index (χ0n) is 19.2. The summed E-state index contributed by atoms with van der Waals surface area (Å²) >= 11 is 0. The quantitative estimate of drug-likeness (QED) is 0.385. The molecule has 0 aliphatic carbocycles. The molecule has 4 heteroatoms. The molecule has 32 heavy (non-hydrogen) atoms. The van der Waals surface area contributed by atoms with E-state index in [4.69, 9.17) is 10.1 Å². The molecule has 0 N–H and O–H groups in total. The molecule has 0 unspecified atom stereocenters. The second kappa shape index (κ2) is 9.25. The first-order valence-electron chi connectivity index (χ1n) is 11.9. The summed E-state index contributed by atoms with van der Waals surface area (Å²) in [5.74, 6) is 0.864. The van der Waals surface area contributed by atoms with Crippen molar-refractivity contribution in [1.82, 2.24) is 19.5 Å². The van der Waals surface area contributed by atoms with Gasteiger partial charge in [-0.3, -0.25) is 0 Å². The average molecular weight is 425 g/mol. The number of likely N-dealkylation sites (tertiary alicyclic amines) is 1. The summed E-state index contributed by atoms with van der Waals surface area (Å²) in [7, 11) is 0. The first kappa shape index (κ1) is 20.9. The zero-order valence-corrected chi connectivity index (χ0v) is 19.2. The Morgan fingerprint density at radius 3 is 2.41 bits per heavy atom. The molecular weight excluding hydrogens is 392 g/mol. The lowest BCUT2D eigenvalue weighted by atomic mass is 10.0. The summed E-state index contributed by atoms with van der Waals surface area (Å²) in [5, 5.41) is 4.85. The fraction of sp³-hybridized carbons (Fsp3) is 0.357. The van der Waals surface area contributed by atoms with Crippen LogP contribution in [0.4, 0.5) is 0 Å². The van der Waals surface area contributed by atoms with Crippen molar-refractivity contribution in [3.8, 4) is 11.3 Å². The maximum absolute atomic E-state index is 4.85. The second-order valence-electron chi connectivity index (χ2n) is 9.15. The first-order valence-corrected chi connectivity index (χ1v) is 11.9. The fourth-order valence-electron chi connectivity index (χ4n) is 4.66. The number of benzene rings is 2. The van der Waals surface area contributed by atoms with E-state index in [0.717, 1.165) is 30.0 Å². The van der Waals surface area contributed by atoms with Gasteiger partial charge in [0.15, 0.2) is 11.5 Å². The van der Waals surface area contributed by atoms with Gasteiger partial charge in [0.25, 0.3) is 0 Å². The highest BCUT2D eigenvalue weighted by Crippen LogP contribution is 2.23. The van der Waals surface area contributed by atoms with E-state index >= 15 is 0 Å². The molecule has 2 aromatic carbocycles. The Hall–Kier alpha value is -2.98. The standard InChI is InChI=1S/C28H32N4/c1-21-10-15-25(19-22(21)2)26-8-5-9-28-29-27(30-32(26)28)20-24-13-11-23(12-14-24)7-6-18-31-16-3-4-17-31/h5,8-15,19H,3-4,6-7,16-18,20H2,1-2H3. The lowest BCUT2D eigenvalue weighted by Crippen LogP contribution is -2.20. The molecule has 1 aliphatic heterocycles. The molecule has 0 amide bonds. The number of hydrogen-bond acceptors (Lipinski definition) is 3. The van der Waals surface area contributed by atoms with E-state index in [9.17, 15) is 0 Å². The number of aryl methyl sites for hydroxylation is 3. The van der Waals surface area contributed by atoms with E-state index < -0.39 is 0 Å². The Balaban J connectivity index is 1.28. The van der Waals surface area contributed by atoms with Crippen LogP contribution in [0.2, 0.25) is 0 Å². The van der Waals surface area contributed by atoms with Crippen molar-refractivity contribution in [3.63, 3.8) is 0 Å². The summed E-state index contributed by atoms with van der Waals surface area (Å²) in [5.41, 5.74) is 8.44. The number of rotatable bonds is 7. The van der Waals surface area contributed by atoms with Crippen LogP contribution in [0.25, 0.3) is 16.9 Å². The summed E-state index contributed by atoms with van der Waals surface area (Å²) < 4.78 is 1.98. The molecule has 4 aromatic rings. The number of hydrogen-bond donors (Lipinski definition) is 0. The highest BCUT2D eigenvalue weighted by atomic mass is 15.3. The Bertz CT molecular complexity index is 1200. The number of nitrogens with zero attached hydrogens (tertiary/aromatic N) is 4. The third-order valence-electron chi connectivity index (χ3n) is 6.73. The van der Waals surface area contributed by atoms with Crippen molar-refractivity contribution in [1.29, 1.82) is 0 Å². The maximum Gasteiger partial charge on any atom is 0.156 e. The van der Waals surface area contributed by atoms with E-state index in [1.54, 1.807) is 0 Å². The molecule has 4 nitrogen and oxygen atoms in total. The lowest BCUT2D eigenvalue weighted by molar-refractivity contribution is 0.334. The molecule has 1 fully saturated rings. The van der Waals surface area contributed by atoms with Crippen LogP contribution in [0.1, 0.15) is 47.3 Å². The van der Waals surface area contributed by atoms with Crippen LogP contribution in [-0.2, 0) is 12.8 Å². The largest absolute Gasteiger partial charge is 0.303 e. The molecular formula is C28H32N4. The van der Waals surface area contributed by atoms with Gasteiger partial charge in [-0.1, -0.05) is 42.5 Å². The highest BCUT2D eigenvalue weighted by molar-refractivity contribution is 5.64. The Morgan fingerprint density at radius 2 is 1.62 bits per heavy atom. The first-order chi connectivity index (χ1) is 15.7. The van der Waals surface area contributed by atoms with Crippen molar-refractivity contribution in [2.24, 2.45) is 0 Å². The van der Waals surface area contributed by atoms with Gasteiger partial charge in [0, 0.05) is 12.0 Å². The molecule has 164 valence electrons.